The molecule has 1 heterocycles. The van der Waals surface area contributed by atoms with Gasteiger partial charge in [0.2, 0.25) is 0 Å². The molecule has 1 aromatic rings. The zero-order valence-electron chi connectivity index (χ0n) is 9.93. The molecule has 1 aliphatic rings. The number of methoxy groups -OCH3 is 1. The molecule has 0 aliphatic carbocycles. The number of nitrogens with zero attached hydrogens (tertiary/aromatic N) is 1. The number of hydrogen-bond donors (Lipinski definition) is 1. The van der Waals surface area contributed by atoms with E-state index in [0.717, 1.165) is 25.9 Å². The van der Waals surface area contributed by atoms with Crippen molar-refractivity contribution in [3.63, 3.8) is 0 Å². The summed E-state index contributed by atoms with van der Waals surface area (Å²) < 4.78 is 4.74. The van der Waals surface area contributed by atoms with E-state index >= 15 is 0 Å². The first-order valence-corrected chi connectivity index (χ1v) is 5.80. The van der Waals surface area contributed by atoms with E-state index in [-0.39, 0.29) is 17.8 Å². The van der Waals surface area contributed by atoms with Gasteiger partial charge in [0, 0.05) is 13.1 Å². The van der Waals surface area contributed by atoms with E-state index in [1.165, 1.54) is 12.7 Å². The number of aromatic hydroxyl groups is 1. The summed E-state index contributed by atoms with van der Waals surface area (Å²) in [4.78, 5) is 13.5. The maximum absolute atomic E-state index is 11.4. The van der Waals surface area contributed by atoms with Crippen molar-refractivity contribution >= 4 is 5.97 Å². The number of esters is 1. The topological polar surface area (TPSA) is 49.8 Å². The van der Waals surface area contributed by atoms with Gasteiger partial charge in [0.05, 0.1) is 7.11 Å². The maximum atomic E-state index is 11.4. The lowest BCUT2D eigenvalue weighted by Gasteiger charge is -2.38. The zero-order valence-corrected chi connectivity index (χ0v) is 9.93. The van der Waals surface area contributed by atoms with E-state index in [2.05, 4.69) is 4.90 Å². The van der Waals surface area contributed by atoms with Gasteiger partial charge in [-0.3, -0.25) is 9.69 Å². The summed E-state index contributed by atoms with van der Waals surface area (Å²) in [6.07, 6.45) is 1.77. The summed E-state index contributed by atoms with van der Waals surface area (Å²) in [5, 5.41) is 9.17. The number of hydrogen-bond acceptors (Lipinski definition) is 4. The summed E-state index contributed by atoms with van der Waals surface area (Å²) in [5.41, 5.74) is 1.17. The van der Waals surface area contributed by atoms with Crippen molar-refractivity contribution in [3.05, 3.63) is 29.8 Å². The highest BCUT2D eigenvalue weighted by Crippen LogP contribution is 2.19. The summed E-state index contributed by atoms with van der Waals surface area (Å²) >= 11 is 0. The van der Waals surface area contributed by atoms with Crippen molar-refractivity contribution in [2.75, 3.05) is 20.2 Å². The van der Waals surface area contributed by atoms with Gasteiger partial charge in [-0.25, -0.2) is 0 Å². The van der Waals surface area contributed by atoms with E-state index in [1.807, 2.05) is 12.1 Å². The van der Waals surface area contributed by atoms with Crippen LogP contribution in [0.15, 0.2) is 24.3 Å². The minimum absolute atomic E-state index is 0.0582. The molecule has 1 saturated heterocycles. The van der Waals surface area contributed by atoms with Crippen LogP contribution in [0.4, 0.5) is 0 Å². The highest BCUT2D eigenvalue weighted by atomic mass is 16.5. The Hall–Kier alpha value is -1.55. The van der Waals surface area contributed by atoms with Gasteiger partial charge in [-0.15, -0.1) is 0 Å². The van der Waals surface area contributed by atoms with Crippen molar-refractivity contribution in [1.29, 1.82) is 0 Å². The zero-order chi connectivity index (χ0) is 12.3. The maximum Gasteiger partial charge on any atom is 0.323 e. The number of benzene rings is 1. The minimum atomic E-state index is -0.137. The lowest BCUT2D eigenvalue weighted by Crippen LogP contribution is -2.53. The Bertz CT molecular complexity index is 388. The van der Waals surface area contributed by atoms with Crippen molar-refractivity contribution in [2.24, 2.45) is 0 Å². The average molecular weight is 235 g/mol. The van der Waals surface area contributed by atoms with E-state index in [1.54, 1.807) is 12.1 Å². The number of likely N-dealkylation sites (tertiary alicyclic amines) is 1. The summed E-state index contributed by atoms with van der Waals surface area (Å²) in [6, 6.07) is 7.12. The molecule has 0 amide bonds. The molecule has 0 saturated carbocycles. The number of phenols is 1. The highest BCUT2D eigenvalue weighted by Gasteiger charge is 2.34. The van der Waals surface area contributed by atoms with Crippen LogP contribution < -0.4 is 0 Å². The quantitative estimate of drug-likeness (QED) is 0.796. The van der Waals surface area contributed by atoms with E-state index in [4.69, 9.17) is 9.84 Å². The van der Waals surface area contributed by atoms with Crippen LogP contribution in [0.3, 0.4) is 0 Å². The molecule has 1 aromatic carbocycles. The second kappa shape index (κ2) is 5.19. The Morgan fingerprint density at radius 3 is 2.71 bits per heavy atom. The Morgan fingerprint density at radius 1 is 1.47 bits per heavy atom. The lowest BCUT2D eigenvalue weighted by molar-refractivity contribution is -0.151. The Kier molecular flexibility index (Phi) is 3.64. The molecule has 4 nitrogen and oxygen atoms in total. The molecular weight excluding hydrogens is 218 g/mol. The fraction of sp³-hybridized carbons (Fsp3) is 0.462. The third-order valence-electron chi connectivity index (χ3n) is 3.23. The predicted molar refractivity (Wildman–Crippen MR) is 63.8 cm³/mol. The molecule has 1 atom stereocenters. The molecule has 1 N–H and O–H groups in total. The van der Waals surface area contributed by atoms with Gasteiger partial charge < -0.3 is 9.84 Å². The minimum Gasteiger partial charge on any atom is -0.508 e. The summed E-state index contributed by atoms with van der Waals surface area (Å²) in [6.45, 7) is 1.81. The molecule has 92 valence electrons. The molecule has 0 spiro atoms. The fourth-order valence-corrected chi connectivity index (χ4v) is 2.05. The van der Waals surface area contributed by atoms with Crippen molar-refractivity contribution in [1.82, 2.24) is 4.90 Å². The van der Waals surface area contributed by atoms with Crippen LogP contribution in [0.1, 0.15) is 12.0 Å². The molecule has 17 heavy (non-hydrogen) atoms. The van der Waals surface area contributed by atoms with Crippen LogP contribution in [0, 0.1) is 0 Å². The molecule has 1 aliphatic heterocycles. The lowest BCUT2D eigenvalue weighted by atomic mass is 10.0. The van der Waals surface area contributed by atoms with Crippen LogP contribution in [0.2, 0.25) is 0 Å². The van der Waals surface area contributed by atoms with Crippen LogP contribution >= 0.6 is 0 Å². The first-order chi connectivity index (χ1) is 8.20. The van der Waals surface area contributed by atoms with Crippen LogP contribution in [0.25, 0.3) is 0 Å². The second-order valence-electron chi connectivity index (χ2n) is 4.28. The van der Waals surface area contributed by atoms with Gasteiger partial charge in [-0.2, -0.15) is 0 Å². The number of carbonyl (C=O) groups excluding carboxylic acids is 1. The normalized spacial score (nSPS) is 19.7. The highest BCUT2D eigenvalue weighted by molar-refractivity contribution is 5.76. The van der Waals surface area contributed by atoms with E-state index < -0.39 is 0 Å². The number of rotatable bonds is 4. The third-order valence-corrected chi connectivity index (χ3v) is 3.23. The van der Waals surface area contributed by atoms with E-state index in [9.17, 15) is 4.79 Å². The van der Waals surface area contributed by atoms with Gasteiger partial charge in [0.25, 0.3) is 0 Å². The SMILES string of the molecule is COC(=O)C1CCN1CCc1ccc(O)cc1. The van der Waals surface area contributed by atoms with Crippen molar-refractivity contribution in [2.45, 2.75) is 18.9 Å². The molecule has 0 radical (unpaired) electrons. The van der Waals surface area contributed by atoms with Gasteiger partial charge in [-0.05, 0) is 30.5 Å². The average Bonchev–Trinajstić information content (AvgIpc) is 2.30. The van der Waals surface area contributed by atoms with Gasteiger partial charge in [-0.1, -0.05) is 12.1 Å². The molecular formula is C13H17NO3. The third kappa shape index (κ3) is 2.77. The summed E-state index contributed by atoms with van der Waals surface area (Å²) in [5.74, 6) is 0.145. The molecule has 2 rings (SSSR count). The number of carbonyl (C=O) groups is 1. The number of phenolic OH excluding ortho intramolecular Hbond substituents is 1. The number of ether oxygens (including phenoxy) is 1. The predicted octanol–water partition coefficient (Wildman–Crippen LogP) is 1.18. The van der Waals surface area contributed by atoms with Crippen LogP contribution in [0.5, 0.6) is 5.75 Å². The first kappa shape index (κ1) is 11.9. The molecule has 4 heteroatoms. The Morgan fingerprint density at radius 2 is 2.18 bits per heavy atom. The fourth-order valence-electron chi connectivity index (χ4n) is 2.05. The monoisotopic (exact) mass is 235 g/mol. The molecule has 0 bridgehead atoms. The first-order valence-electron chi connectivity index (χ1n) is 5.80. The van der Waals surface area contributed by atoms with Gasteiger partial charge in [0.1, 0.15) is 11.8 Å². The van der Waals surface area contributed by atoms with Gasteiger partial charge >= 0.3 is 5.97 Å². The summed E-state index contributed by atoms with van der Waals surface area (Å²) in [7, 11) is 1.43. The van der Waals surface area contributed by atoms with Crippen LogP contribution in [-0.2, 0) is 16.0 Å². The molecule has 1 fully saturated rings. The molecule has 0 aromatic heterocycles. The van der Waals surface area contributed by atoms with Crippen LogP contribution in [-0.4, -0.2) is 42.2 Å². The molecule has 1 unspecified atom stereocenters. The Balaban J connectivity index is 1.82. The second-order valence-corrected chi connectivity index (χ2v) is 4.28. The van der Waals surface area contributed by atoms with E-state index in [0.29, 0.717) is 0 Å². The Labute approximate surface area is 101 Å². The van der Waals surface area contributed by atoms with Crippen molar-refractivity contribution < 1.29 is 14.6 Å². The van der Waals surface area contributed by atoms with Crippen molar-refractivity contribution in [3.8, 4) is 5.75 Å². The standard InChI is InChI=1S/C13H17NO3/c1-17-13(16)12-7-9-14(12)8-6-10-2-4-11(15)5-3-10/h2-5,12,15H,6-9H2,1H3. The van der Waals surface area contributed by atoms with Gasteiger partial charge in [0.15, 0.2) is 0 Å². The smallest absolute Gasteiger partial charge is 0.323 e. The largest absolute Gasteiger partial charge is 0.508 e.